The highest BCUT2D eigenvalue weighted by molar-refractivity contribution is 9.10. The second-order valence-corrected chi connectivity index (χ2v) is 5.82. The molecular weight excluding hydrogens is 342 g/mol. The van der Waals surface area contributed by atoms with Crippen molar-refractivity contribution >= 4 is 33.4 Å². The van der Waals surface area contributed by atoms with Crippen LogP contribution in [0.2, 0.25) is 0 Å². The molecule has 0 fully saturated rings. The summed E-state index contributed by atoms with van der Waals surface area (Å²) >= 11 is 3.19. The van der Waals surface area contributed by atoms with E-state index in [1.807, 2.05) is 13.8 Å². The van der Waals surface area contributed by atoms with E-state index in [1.54, 1.807) is 0 Å². The van der Waals surface area contributed by atoms with Gasteiger partial charge in [0.05, 0.1) is 17.0 Å². The Bertz CT molecular complexity index is 575. The lowest BCUT2D eigenvalue weighted by Gasteiger charge is -2.23. The number of carbonyl (C=O) groups is 2. The van der Waals surface area contributed by atoms with Crippen molar-refractivity contribution in [3.8, 4) is 0 Å². The SMILES string of the molecule is CC(C)CN(CC(N)=O)C(=O)c1cc([N+](=O)[O-])ccc1Br. The summed E-state index contributed by atoms with van der Waals surface area (Å²) < 4.78 is 0.427. The molecule has 114 valence electrons. The third-order valence-electron chi connectivity index (χ3n) is 2.61. The molecule has 0 unspecified atom stereocenters. The largest absolute Gasteiger partial charge is 0.368 e. The summed E-state index contributed by atoms with van der Waals surface area (Å²) in [5.74, 6) is -0.977. The molecule has 0 bridgehead atoms. The minimum absolute atomic E-state index is 0.130. The number of non-ortho nitro benzene ring substituents is 1. The third-order valence-corrected chi connectivity index (χ3v) is 3.30. The van der Waals surface area contributed by atoms with Gasteiger partial charge in [0.25, 0.3) is 11.6 Å². The van der Waals surface area contributed by atoms with Crippen LogP contribution >= 0.6 is 15.9 Å². The molecule has 1 aromatic carbocycles. The van der Waals surface area contributed by atoms with Crippen LogP contribution in [0.15, 0.2) is 22.7 Å². The van der Waals surface area contributed by atoms with Crippen LogP contribution in [0, 0.1) is 16.0 Å². The molecule has 8 heteroatoms. The molecule has 1 rings (SSSR count). The van der Waals surface area contributed by atoms with Gasteiger partial charge in [-0.25, -0.2) is 0 Å². The normalized spacial score (nSPS) is 10.5. The van der Waals surface area contributed by atoms with E-state index in [4.69, 9.17) is 5.73 Å². The molecule has 0 aliphatic rings. The van der Waals surface area contributed by atoms with Crippen LogP contribution in [0.5, 0.6) is 0 Å². The molecule has 0 spiro atoms. The number of rotatable bonds is 6. The molecule has 0 aliphatic carbocycles. The maximum atomic E-state index is 12.5. The summed E-state index contributed by atoms with van der Waals surface area (Å²) in [5.41, 5.74) is 5.09. The van der Waals surface area contributed by atoms with E-state index < -0.39 is 16.7 Å². The molecule has 2 amide bonds. The molecule has 0 saturated carbocycles. The first kappa shape index (κ1) is 17.1. The highest BCUT2D eigenvalue weighted by Crippen LogP contribution is 2.24. The minimum atomic E-state index is -0.634. The van der Waals surface area contributed by atoms with Gasteiger partial charge < -0.3 is 10.6 Å². The maximum Gasteiger partial charge on any atom is 0.270 e. The lowest BCUT2D eigenvalue weighted by molar-refractivity contribution is -0.384. The smallest absolute Gasteiger partial charge is 0.270 e. The fraction of sp³-hybridized carbons (Fsp3) is 0.385. The van der Waals surface area contributed by atoms with Crippen molar-refractivity contribution in [2.24, 2.45) is 11.7 Å². The number of nitro benzene ring substituents is 1. The Hall–Kier alpha value is -1.96. The van der Waals surface area contributed by atoms with Gasteiger partial charge in [-0.1, -0.05) is 13.8 Å². The van der Waals surface area contributed by atoms with Crippen LogP contribution in [0.3, 0.4) is 0 Å². The standard InChI is InChI=1S/C13H16BrN3O4/c1-8(2)6-16(7-12(15)18)13(19)10-5-9(17(20)21)3-4-11(10)14/h3-5,8H,6-7H2,1-2H3,(H2,15,18). The van der Waals surface area contributed by atoms with Gasteiger partial charge in [0.2, 0.25) is 5.91 Å². The Morgan fingerprint density at radius 3 is 2.52 bits per heavy atom. The van der Waals surface area contributed by atoms with Crippen LogP contribution in [-0.2, 0) is 4.79 Å². The fourth-order valence-corrected chi connectivity index (χ4v) is 2.23. The first-order chi connectivity index (χ1) is 9.72. The molecule has 2 N–H and O–H groups in total. The highest BCUT2D eigenvalue weighted by Gasteiger charge is 2.23. The van der Waals surface area contributed by atoms with Crippen LogP contribution in [0.4, 0.5) is 5.69 Å². The van der Waals surface area contributed by atoms with E-state index in [2.05, 4.69) is 15.9 Å². The molecular formula is C13H16BrN3O4. The zero-order valence-electron chi connectivity index (χ0n) is 11.7. The molecule has 0 saturated heterocycles. The zero-order valence-corrected chi connectivity index (χ0v) is 13.3. The van der Waals surface area contributed by atoms with Gasteiger partial charge >= 0.3 is 0 Å². The molecule has 0 radical (unpaired) electrons. The van der Waals surface area contributed by atoms with Crippen molar-refractivity contribution < 1.29 is 14.5 Å². The number of nitrogens with two attached hydrogens (primary N) is 1. The van der Waals surface area contributed by atoms with E-state index in [1.165, 1.54) is 23.1 Å². The first-order valence-corrected chi connectivity index (χ1v) is 7.03. The van der Waals surface area contributed by atoms with Gasteiger partial charge in [0.15, 0.2) is 0 Å². The van der Waals surface area contributed by atoms with Crippen LogP contribution < -0.4 is 5.73 Å². The van der Waals surface area contributed by atoms with Crippen molar-refractivity contribution in [1.29, 1.82) is 0 Å². The predicted molar refractivity (Wildman–Crippen MR) is 80.7 cm³/mol. The summed E-state index contributed by atoms with van der Waals surface area (Å²) in [4.78, 5) is 35.1. The highest BCUT2D eigenvalue weighted by atomic mass is 79.9. The average Bonchev–Trinajstić information content (AvgIpc) is 2.36. The molecule has 1 aromatic rings. The van der Waals surface area contributed by atoms with Crippen LogP contribution in [0.1, 0.15) is 24.2 Å². The third kappa shape index (κ3) is 4.82. The van der Waals surface area contributed by atoms with Crippen molar-refractivity contribution in [2.45, 2.75) is 13.8 Å². The number of nitrogens with zero attached hydrogens (tertiary/aromatic N) is 2. The topological polar surface area (TPSA) is 107 Å². The van der Waals surface area contributed by atoms with Gasteiger partial charge in [-0.05, 0) is 27.9 Å². The monoisotopic (exact) mass is 357 g/mol. The lowest BCUT2D eigenvalue weighted by atomic mass is 10.1. The Labute approximate surface area is 130 Å². The maximum absolute atomic E-state index is 12.5. The van der Waals surface area contributed by atoms with Crippen molar-refractivity contribution in [3.63, 3.8) is 0 Å². The molecule has 21 heavy (non-hydrogen) atoms. The van der Waals surface area contributed by atoms with Gasteiger partial charge in [-0.2, -0.15) is 0 Å². The molecule has 0 heterocycles. The fourth-order valence-electron chi connectivity index (χ4n) is 1.81. The molecule has 0 aliphatic heterocycles. The average molecular weight is 358 g/mol. The number of primary amides is 1. The van der Waals surface area contributed by atoms with Gasteiger partial charge in [-0.3, -0.25) is 19.7 Å². The Morgan fingerprint density at radius 2 is 2.05 bits per heavy atom. The predicted octanol–water partition coefficient (Wildman–Crippen LogP) is 1.94. The first-order valence-electron chi connectivity index (χ1n) is 6.24. The number of amides is 2. The number of hydrogen-bond donors (Lipinski definition) is 1. The minimum Gasteiger partial charge on any atom is -0.368 e. The van der Waals surface area contributed by atoms with Gasteiger partial charge in [0.1, 0.15) is 0 Å². The van der Waals surface area contributed by atoms with E-state index >= 15 is 0 Å². The number of benzene rings is 1. The molecule has 0 atom stereocenters. The van der Waals surface area contributed by atoms with E-state index in [0.717, 1.165) is 0 Å². The summed E-state index contributed by atoms with van der Waals surface area (Å²) in [6.45, 7) is 3.89. The number of hydrogen-bond acceptors (Lipinski definition) is 4. The summed E-state index contributed by atoms with van der Waals surface area (Å²) in [6, 6.07) is 3.91. The van der Waals surface area contributed by atoms with E-state index in [-0.39, 0.29) is 23.7 Å². The summed E-state index contributed by atoms with van der Waals surface area (Å²) in [6.07, 6.45) is 0. The quantitative estimate of drug-likeness (QED) is 0.619. The summed E-state index contributed by atoms with van der Waals surface area (Å²) in [7, 11) is 0. The molecule has 7 nitrogen and oxygen atoms in total. The Morgan fingerprint density at radius 1 is 1.43 bits per heavy atom. The van der Waals surface area contributed by atoms with Crippen LogP contribution in [-0.4, -0.2) is 34.7 Å². The number of halogens is 1. The van der Waals surface area contributed by atoms with Gasteiger partial charge in [-0.15, -0.1) is 0 Å². The van der Waals surface area contributed by atoms with E-state index in [9.17, 15) is 19.7 Å². The van der Waals surface area contributed by atoms with Gasteiger partial charge in [0, 0.05) is 23.2 Å². The van der Waals surface area contributed by atoms with Crippen molar-refractivity contribution in [3.05, 3.63) is 38.3 Å². The number of carbonyl (C=O) groups excluding carboxylic acids is 2. The molecule has 0 aromatic heterocycles. The number of nitro groups is 1. The summed E-state index contributed by atoms with van der Waals surface area (Å²) in [5, 5.41) is 10.8. The second-order valence-electron chi connectivity index (χ2n) is 4.97. The van der Waals surface area contributed by atoms with Crippen molar-refractivity contribution in [2.75, 3.05) is 13.1 Å². The van der Waals surface area contributed by atoms with Crippen LogP contribution in [0.25, 0.3) is 0 Å². The second kappa shape index (κ2) is 7.16. The van der Waals surface area contributed by atoms with Crippen molar-refractivity contribution in [1.82, 2.24) is 4.90 Å². The Kier molecular flexibility index (Phi) is 5.83. The zero-order chi connectivity index (χ0) is 16.2. The van der Waals surface area contributed by atoms with E-state index in [0.29, 0.717) is 11.0 Å². The lowest BCUT2D eigenvalue weighted by Crippen LogP contribution is -2.40. The Balaban J connectivity index is 3.15.